The van der Waals surface area contributed by atoms with Crippen LogP contribution in [0.1, 0.15) is 50.0 Å². The number of ketones is 1. The Balaban J connectivity index is 1.54. The minimum Gasteiger partial charge on any atom is -0.444 e. The van der Waals surface area contributed by atoms with Crippen molar-refractivity contribution in [2.75, 3.05) is 18.0 Å². The summed E-state index contributed by atoms with van der Waals surface area (Å²) in [5, 5.41) is 2.11. The van der Waals surface area contributed by atoms with E-state index >= 15 is 0 Å². The number of rotatable bonds is 3. The number of anilines is 1. The molecular weight excluding hydrogens is 485 g/mol. The van der Waals surface area contributed by atoms with Crippen molar-refractivity contribution in [1.82, 2.24) is 14.9 Å². The minimum absolute atomic E-state index is 0.0162. The Bertz CT molecular complexity index is 1300. The molecule has 35 heavy (non-hydrogen) atoms. The number of hydrogen-bond acceptors (Lipinski definition) is 8. The summed E-state index contributed by atoms with van der Waals surface area (Å²) < 4.78 is 53.7. The van der Waals surface area contributed by atoms with E-state index in [1.807, 2.05) is 0 Å². The lowest BCUT2D eigenvalue weighted by molar-refractivity contribution is -0.136. The second-order valence-corrected chi connectivity index (χ2v) is 10.6. The van der Waals surface area contributed by atoms with E-state index in [0.717, 1.165) is 13.3 Å². The first-order valence-electron chi connectivity index (χ1n) is 11.1. The molecule has 3 saturated heterocycles. The fraction of sp³-hybridized carbons (Fsp3) is 0.478. The number of fused-ring (bicyclic) bond motifs is 3. The summed E-state index contributed by atoms with van der Waals surface area (Å²) in [7, 11) is 0. The van der Waals surface area contributed by atoms with Crippen molar-refractivity contribution >= 4 is 40.3 Å². The van der Waals surface area contributed by atoms with Crippen molar-refractivity contribution in [3.05, 3.63) is 28.8 Å². The lowest BCUT2D eigenvalue weighted by Crippen LogP contribution is -2.70. The van der Waals surface area contributed by atoms with Crippen LogP contribution in [0.4, 0.5) is 24.0 Å². The Morgan fingerprint density at radius 2 is 1.89 bits per heavy atom. The van der Waals surface area contributed by atoms with Gasteiger partial charge in [-0.1, -0.05) is 0 Å². The number of amides is 1. The number of carbonyl (C=O) groups excluding carboxylic acids is 2. The van der Waals surface area contributed by atoms with Crippen LogP contribution in [0.5, 0.6) is 0 Å². The molecule has 3 fully saturated rings. The van der Waals surface area contributed by atoms with Crippen LogP contribution in [0, 0.1) is 0 Å². The number of carbonyl (C=O) groups is 2. The van der Waals surface area contributed by atoms with Gasteiger partial charge in [0.15, 0.2) is 11.4 Å². The van der Waals surface area contributed by atoms with E-state index in [1.54, 1.807) is 36.0 Å². The van der Waals surface area contributed by atoms with Crippen molar-refractivity contribution in [2.45, 2.75) is 58.0 Å². The van der Waals surface area contributed by atoms with Crippen LogP contribution < -0.4 is 4.90 Å². The molecule has 0 spiro atoms. The number of piperazine rings is 1. The molecule has 0 radical (unpaired) electrons. The van der Waals surface area contributed by atoms with E-state index in [9.17, 15) is 22.8 Å². The molecule has 2 atom stereocenters. The quantitative estimate of drug-likeness (QED) is 0.440. The van der Waals surface area contributed by atoms with Gasteiger partial charge in [-0.15, -0.1) is 11.3 Å². The van der Waals surface area contributed by atoms with Crippen molar-refractivity contribution in [3.8, 4) is 10.6 Å². The average Bonchev–Trinajstić information content (AvgIpc) is 3.40. The zero-order chi connectivity index (χ0) is 25.3. The number of oxazole rings is 1. The summed E-state index contributed by atoms with van der Waals surface area (Å²) in [6.45, 7) is 7.15. The molecule has 6 rings (SSSR count). The van der Waals surface area contributed by atoms with Crippen molar-refractivity contribution in [2.24, 2.45) is 0 Å². The highest BCUT2D eigenvalue weighted by Gasteiger charge is 2.50. The molecule has 8 nitrogen and oxygen atoms in total. The summed E-state index contributed by atoms with van der Waals surface area (Å²) in [5.74, 6) is -0.728. The normalized spacial score (nSPS) is 20.2. The molecule has 12 heteroatoms. The SMILES string of the molecule is CC(=O)c1cc(-c2nccs2)c2oc(N3CC4CC(C3)N4C(=O)OC(C)(C)C)nc2c1C(F)(F)F. The van der Waals surface area contributed by atoms with Gasteiger partial charge in [0, 0.05) is 30.2 Å². The largest absolute Gasteiger partial charge is 0.444 e. The van der Waals surface area contributed by atoms with E-state index < -0.39 is 40.3 Å². The molecule has 1 amide bonds. The Morgan fingerprint density at radius 3 is 2.43 bits per heavy atom. The maximum Gasteiger partial charge on any atom is 0.419 e. The predicted octanol–water partition coefficient (Wildman–Crippen LogP) is 5.37. The van der Waals surface area contributed by atoms with Crippen molar-refractivity contribution < 1.29 is 31.9 Å². The lowest BCUT2D eigenvalue weighted by atomic mass is 9.88. The Morgan fingerprint density at radius 1 is 1.20 bits per heavy atom. The topological polar surface area (TPSA) is 88.8 Å². The van der Waals surface area contributed by atoms with Gasteiger partial charge >= 0.3 is 12.3 Å². The van der Waals surface area contributed by atoms with Crippen LogP contribution in [0.15, 0.2) is 22.1 Å². The van der Waals surface area contributed by atoms with Crippen LogP contribution in [0.3, 0.4) is 0 Å². The molecular formula is C23H23F3N4O4S. The second kappa shape index (κ2) is 7.94. The van der Waals surface area contributed by atoms with Crippen LogP contribution in [0.2, 0.25) is 0 Å². The van der Waals surface area contributed by atoms with Crippen LogP contribution in [-0.4, -0.2) is 57.5 Å². The number of aromatic nitrogens is 2. The van der Waals surface area contributed by atoms with Gasteiger partial charge in [-0.25, -0.2) is 9.78 Å². The predicted molar refractivity (Wildman–Crippen MR) is 123 cm³/mol. The van der Waals surface area contributed by atoms with E-state index in [4.69, 9.17) is 9.15 Å². The highest BCUT2D eigenvalue weighted by Crippen LogP contribution is 2.44. The molecule has 3 aliphatic heterocycles. The Labute approximate surface area is 202 Å². The molecule has 2 bridgehead atoms. The fourth-order valence-corrected chi connectivity index (χ4v) is 5.32. The smallest absolute Gasteiger partial charge is 0.419 e. The van der Waals surface area contributed by atoms with Gasteiger partial charge in [0.1, 0.15) is 16.1 Å². The third-order valence-corrected chi connectivity index (χ3v) is 6.86. The maximum atomic E-state index is 14.1. The third kappa shape index (κ3) is 4.13. The number of nitrogens with zero attached hydrogens (tertiary/aromatic N) is 4. The van der Waals surface area contributed by atoms with Crippen molar-refractivity contribution in [1.29, 1.82) is 0 Å². The van der Waals surface area contributed by atoms with Gasteiger partial charge in [0.05, 0.1) is 23.2 Å². The van der Waals surface area contributed by atoms with Crippen LogP contribution in [-0.2, 0) is 10.9 Å². The molecule has 2 unspecified atom stereocenters. The van der Waals surface area contributed by atoms with Crippen molar-refractivity contribution in [3.63, 3.8) is 0 Å². The number of alkyl halides is 3. The van der Waals surface area contributed by atoms with E-state index in [2.05, 4.69) is 9.97 Å². The van der Waals surface area contributed by atoms with Gasteiger partial charge in [-0.3, -0.25) is 9.69 Å². The lowest BCUT2D eigenvalue weighted by Gasteiger charge is -2.55. The molecule has 0 aliphatic carbocycles. The highest BCUT2D eigenvalue weighted by molar-refractivity contribution is 7.13. The highest BCUT2D eigenvalue weighted by atomic mass is 32.1. The zero-order valence-corrected chi connectivity index (χ0v) is 20.3. The number of benzene rings is 1. The standard InChI is InChI=1S/C23H23F3N4O4S/c1-11(31)14-8-15(19-27-5-6-35-19)18-17(16(14)23(24,25)26)28-20(33-18)29-9-12-7-13(10-29)30(12)21(32)34-22(2,3)4/h5-6,8,12-13H,7,9-10H2,1-4H3. The van der Waals surface area contributed by atoms with Crippen LogP contribution in [0.25, 0.3) is 21.7 Å². The molecule has 186 valence electrons. The van der Waals surface area contributed by atoms with Crippen LogP contribution >= 0.6 is 11.3 Å². The fourth-order valence-electron chi connectivity index (χ4n) is 4.66. The molecule has 0 saturated carbocycles. The summed E-state index contributed by atoms with van der Waals surface area (Å²) >= 11 is 1.22. The number of piperidine rings is 1. The second-order valence-electron chi connectivity index (χ2n) is 9.75. The maximum absolute atomic E-state index is 14.1. The Hall–Kier alpha value is -3.15. The summed E-state index contributed by atoms with van der Waals surface area (Å²) in [5.41, 5.74) is -2.44. The molecule has 1 aromatic carbocycles. The first-order valence-corrected chi connectivity index (χ1v) is 11.9. The summed E-state index contributed by atoms with van der Waals surface area (Å²) in [4.78, 5) is 36.6. The number of hydrogen-bond donors (Lipinski definition) is 0. The van der Waals surface area contributed by atoms with Gasteiger partial charge in [0.2, 0.25) is 0 Å². The van der Waals surface area contributed by atoms with E-state index in [0.29, 0.717) is 18.1 Å². The number of halogens is 3. The molecule has 0 N–H and O–H groups in total. The molecule has 5 heterocycles. The third-order valence-electron chi connectivity index (χ3n) is 6.05. The summed E-state index contributed by atoms with van der Waals surface area (Å²) in [6.07, 6.45) is -2.93. The first kappa shape index (κ1) is 23.6. The van der Waals surface area contributed by atoms with E-state index in [1.165, 1.54) is 23.6 Å². The van der Waals surface area contributed by atoms with E-state index in [-0.39, 0.29) is 29.2 Å². The Kier molecular flexibility index (Phi) is 5.35. The first-order chi connectivity index (χ1) is 16.3. The number of thiazole rings is 1. The number of ether oxygens (including phenoxy) is 1. The molecule has 3 aliphatic rings. The number of Topliss-reactive ketones (excluding diaryl/α,β-unsaturated/α-hetero) is 1. The van der Waals surface area contributed by atoms with Gasteiger partial charge in [0.25, 0.3) is 6.01 Å². The molecule has 3 aromatic rings. The van der Waals surface area contributed by atoms with Gasteiger partial charge < -0.3 is 14.1 Å². The average molecular weight is 509 g/mol. The monoisotopic (exact) mass is 508 g/mol. The summed E-state index contributed by atoms with van der Waals surface area (Å²) in [6, 6.07) is 0.875. The zero-order valence-electron chi connectivity index (χ0n) is 19.5. The van der Waals surface area contributed by atoms with Gasteiger partial charge in [-0.2, -0.15) is 18.2 Å². The van der Waals surface area contributed by atoms with Gasteiger partial charge in [-0.05, 0) is 40.2 Å². The minimum atomic E-state index is -4.81. The molecule has 2 aromatic heterocycles.